The summed E-state index contributed by atoms with van der Waals surface area (Å²) in [6, 6.07) is 23.3. The zero-order chi connectivity index (χ0) is 18.5. The Bertz CT molecular complexity index is 959. The predicted octanol–water partition coefficient (Wildman–Crippen LogP) is 5.83. The zero-order valence-electron chi connectivity index (χ0n) is 15.3. The minimum absolute atomic E-state index is 0.750. The van der Waals surface area contributed by atoms with Gasteiger partial charge in [0.15, 0.2) is 0 Å². The first kappa shape index (κ1) is 17.8. The Morgan fingerprint density at radius 1 is 0.926 bits per heavy atom. The number of nitriles is 1. The van der Waals surface area contributed by atoms with Gasteiger partial charge in [-0.1, -0.05) is 60.7 Å². The molecule has 3 heteroatoms. The lowest BCUT2D eigenvalue weighted by Crippen LogP contribution is -2.10. The van der Waals surface area contributed by atoms with Gasteiger partial charge in [0, 0.05) is 17.0 Å². The molecule has 1 heterocycles. The van der Waals surface area contributed by atoms with E-state index < -0.39 is 0 Å². The third kappa shape index (κ3) is 3.91. The second-order valence-corrected chi connectivity index (χ2v) is 7.94. The lowest BCUT2D eigenvalue weighted by atomic mass is 9.87. The van der Waals surface area contributed by atoms with Crippen LogP contribution in [0.15, 0.2) is 65.7 Å². The largest absolute Gasteiger partial charge is 0.245 e. The minimum atomic E-state index is 0.750. The molecule has 0 bridgehead atoms. The SMILES string of the molecule is N#Cc1c(SCCc2ccccc2)nc2c(c1-c1ccccc1)CCCC2. The molecule has 1 aromatic heterocycles. The number of hydrogen-bond acceptors (Lipinski definition) is 3. The van der Waals surface area contributed by atoms with E-state index in [0.717, 1.165) is 46.7 Å². The summed E-state index contributed by atoms with van der Waals surface area (Å²) >= 11 is 1.71. The van der Waals surface area contributed by atoms with Crippen molar-refractivity contribution in [3.8, 4) is 17.2 Å². The molecule has 1 aliphatic carbocycles. The van der Waals surface area contributed by atoms with Gasteiger partial charge in [0.05, 0.1) is 5.56 Å². The summed E-state index contributed by atoms with van der Waals surface area (Å²) in [5.41, 5.74) is 6.81. The fraction of sp³-hybridized carbons (Fsp3) is 0.250. The van der Waals surface area contributed by atoms with Gasteiger partial charge >= 0.3 is 0 Å². The molecule has 0 radical (unpaired) electrons. The molecule has 27 heavy (non-hydrogen) atoms. The van der Waals surface area contributed by atoms with Crippen LogP contribution < -0.4 is 0 Å². The van der Waals surface area contributed by atoms with Gasteiger partial charge < -0.3 is 0 Å². The van der Waals surface area contributed by atoms with Gasteiger partial charge in [-0.3, -0.25) is 0 Å². The molecule has 0 atom stereocenters. The van der Waals surface area contributed by atoms with Crippen LogP contribution in [0, 0.1) is 11.3 Å². The Morgan fingerprint density at radius 2 is 1.63 bits per heavy atom. The maximum absolute atomic E-state index is 9.98. The van der Waals surface area contributed by atoms with Crippen LogP contribution in [0.5, 0.6) is 0 Å². The molecular formula is C24H22N2S. The zero-order valence-corrected chi connectivity index (χ0v) is 16.1. The van der Waals surface area contributed by atoms with Gasteiger partial charge in [-0.05, 0) is 48.8 Å². The van der Waals surface area contributed by atoms with Crippen molar-refractivity contribution in [3.63, 3.8) is 0 Å². The number of fused-ring (bicyclic) bond motifs is 1. The molecule has 1 aliphatic rings. The van der Waals surface area contributed by atoms with Crippen molar-refractivity contribution in [2.24, 2.45) is 0 Å². The van der Waals surface area contributed by atoms with Crippen LogP contribution in [-0.4, -0.2) is 10.7 Å². The minimum Gasteiger partial charge on any atom is -0.245 e. The van der Waals surface area contributed by atoms with Crippen LogP contribution in [0.25, 0.3) is 11.1 Å². The quantitative estimate of drug-likeness (QED) is 0.530. The van der Waals surface area contributed by atoms with Gasteiger partial charge in [-0.2, -0.15) is 5.26 Å². The third-order valence-electron chi connectivity index (χ3n) is 5.09. The van der Waals surface area contributed by atoms with Gasteiger partial charge in [0.2, 0.25) is 0 Å². The molecule has 0 aliphatic heterocycles. The molecule has 0 saturated carbocycles. The molecule has 0 unspecified atom stereocenters. The number of rotatable bonds is 5. The van der Waals surface area contributed by atoms with Gasteiger partial charge in [0.25, 0.3) is 0 Å². The number of aromatic nitrogens is 1. The van der Waals surface area contributed by atoms with Crippen LogP contribution in [0.3, 0.4) is 0 Å². The number of nitrogens with zero attached hydrogens (tertiary/aromatic N) is 2. The maximum Gasteiger partial charge on any atom is 0.115 e. The molecule has 0 saturated heterocycles. The van der Waals surface area contributed by atoms with E-state index in [1.165, 1.54) is 29.7 Å². The Morgan fingerprint density at radius 3 is 2.37 bits per heavy atom. The van der Waals surface area contributed by atoms with E-state index in [9.17, 15) is 5.26 Å². The van der Waals surface area contributed by atoms with Crippen LogP contribution in [-0.2, 0) is 19.3 Å². The van der Waals surface area contributed by atoms with Crippen molar-refractivity contribution < 1.29 is 0 Å². The van der Waals surface area contributed by atoms with E-state index in [1.54, 1.807) is 11.8 Å². The maximum atomic E-state index is 9.98. The second-order valence-electron chi connectivity index (χ2n) is 6.86. The summed E-state index contributed by atoms with van der Waals surface area (Å²) in [4.78, 5) is 4.94. The Hall–Kier alpha value is -2.57. The van der Waals surface area contributed by atoms with Crippen LogP contribution in [0.4, 0.5) is 0 Å². The highest BCUT2D eigenvalue weighted by molar-refractivity contribution is 7.99. The summed E-state index contributed by atoms with van der Waals surface area (Å²) in [5.74, 6) is 0.929. The summed E-state index contributed by atoms with van der Waals surface area (Å²) in [5, 5.41) is 10.9. The molecule has 134 valence electrons. The van der Waals surface area contributed by atoms with E-state index in [4.69, 9.17) is 4.98 Å². The van der Waals surface area contributed by atoms with Crippen LogP contribution in [0.1, 0.15) is 35.2 Å². The average Bonchev–Trinajstić information content (AvgIpc) is 2.74. The average molecular weight is 371 g/mol. The molecular weight excluding hydrogens is 348 g/mol. The first-order chi connectivity index (χ1) is 13.4. The highest BCUT2D eigenvalue weighted by Gasteiger charge is 2.22. The molecule has 2 nitrogen and oxygen atoms in total. The van der Waals surface area contributed by atoms with Gasteiger partial charge in [-0.25, -0.2) is 4.98 Å². The van der Waals surface area contributed by atoms with Crippen molar-refractivity contribution in [2.75, 3.05) is 5.75 Å². The molecule has 4 rings (SSSR count). The summed E-state index contributed by atoms with van der Waals surface area (Å²) in [6.45, 7) is 0. The van der Waals surface area contributed by atoms with E-state index >= 15 is 0 Å². The lowest BCUT2D eigenvalue weighted by molar-refractivity contribution is 0.661. The standard InChI is InChI=1S/C24H22N2S/c25-17-21-23(19-11-5-2-6-12-19)20-13-7-8-14-22(20)26-24(21)27-16-15-18-9-3-1-4-10-18/h1-6,9-12H,7-8,13-16H2. The Labute approximate surface area is 165 Å². The van der Waals surface area contributed by atoms with Gasteiger partial charge in [-0.15, -0.1) is 11.8 Å². The summed E-state index contributed by atoms with van der Waals surface area (Å²) in [6.07, 6.45) is 5.40. The highest BCUT2D eigenvalue weighted by atomic mass is 32.2. The molecule has 3 aromatic rings. The first-order valence-electron chi connectivity index (χ1n) is 9.55. The molecule has 0 N–H and O–H groups in total. The molecule has 0 fully saturated rings. The van der Waals surface area contributed by atoms with Crippen molar-refractivity contribution in [2.45, 2.75) is 37.1 Å². The summed E-state index contributed by atoms with van der Waals surface area (Å²) < 4.78 is 0. The van der Waals surface area contributed by atoms with Crippen molar-refractivity contribution in [1.82, 2.24) is 4.98 Å². The number of benzene rings is 2. The number of pyridine rings is 1. The van der Waals surface area contributed by atoms with Crippen molar-refractivity contribution in [1.29, 1.82) is 5.26 Å². The topological polar surface area (TPSA) is 36.7 Å². The van der Waals surface area contributed by atoms with Crippen molar-refractivity contribution >= 4 is 11.8 Å². The normalized spacial score (nSPS) is 13.0. The van der Waals surface area contributed by atoms with Crippen molar-refractivity contribution in [3.05, 3.63) is 83.0 Å². The molecule has 0 amide bonds. The fourth-order valence-corrected chi connectivity index (χ4v) is 4.76. The van der Waals surface area contributed by atoms with E-state index in [1.807, 2.05) is 24.3 Å². The highest BCUT2D eigenvalue weighted by Crippen LogP contribution is 2.37. The fourth-order valence-electron chi connectivity index (χ4n) is 3.76. The molecule has 0 spiro atoms. The van der Waals surface area contributed by atoms with Crippen LogP contribution in [0.2, 0.25) is 0 Å². The second kappa shape index (κ2) is 8.41. The predicted molar refractivity (Wildman–Crippen MR) is 112 cm³/mol. The summed E-state index contributed by atoms with van der Waals surface area (Å²) in [7, 11) is 0. The third-order valence-corrected chi connectivity index (χ3v) is 6.06. The van der Waals surface area contributed by atoms with Gasteiger partial charge in [0.1, 0.15) is 11.1 Å². The first-order valence-corrected chi connectivity index (χ1v) is 10.5. The molecule has 2 aromatic carbocycles. The lowest BCUT2D eigenvalue weighted by Gasteiger charge is -2.22. The Kier molecular flexibility index (Phi) is 5.55. The monoisotopic (exact) mass is 370 g/mol. The smallest absolute Gasteiger partial charge is 0.115 e. The number of aryl methyl sites for hydroxylation is 2. The number of hydrogen-bond donors (Lipinski definition) is 0. The number of thioether (sulfide) groups is 1. The Balaban J connectivity index is 1.70. The van der Waals surface area contributed by atoms with E-state index in [0.29, 0.717) is 0 Å². The van der Waals surface area contributed by atoms with E-state index in [2.05, 4.69) is 42.5 Å². The van der Waals surface area contributed by atoms with Crippen LogP contribution >= 0.6 is 11.8 Å². The van der Waals surface area contributed by atoms with E-state index in [-0.39, 0.29) is 0 Å².